The lowest BCUT2D eigenvalue weighted by Crippen LogP contribution is -2.47. The van der Waals surface area contributed by atoms with E-state index in [0.29, 0.717) is 0 Å². The maximum atomic E-state index is 13.4. The van der Waals surface area contributed by atoms with Crippen LogP contribution in [0.3, 0.4) is 0 Å². The summed E-state index contributed by atoms with van der Waals surface area (Å²) in [5.74, 6) is -1.41. The molecule has 1 rings (SSSR count). The molecule has 0 aliphatic rings. The molecule has 0 saturated heterocycles. The molecule has 0 aromatic heterocycles. The van der Waals surface area contributed by atoms with Gasteiger partial charge in [-0.05, 0) is 24.5 Å². The Hall–Kier alpha value is -2.11. The number of para-hydroxylation sites is 1. The molecule has 5 nitrogen and oxygen atoms in total. The summed E-state index contributed by atoms with van der Waals surface area (Å²) in [5, 5.41) is 0. The zero-order valence-electron chi connectivity index (χ0n) is 12.7. The Morgan fingerprint density at radius 2 is 1.86 bits per heavy atom. The lowest BCUT2D eigenvalue weighted by Gasteiger charge is -2.19. The average Bonchev–Trinajstić information content (AvgIpc) is 2.36. The Balaban J connectivity index is 2.45. The van der Waals surface area contributed by atoms with Crippen molar-refractivity contribution in [3.05, 3.63) is 30.1 Å². The Bertz CT molecular complexity index is 512. The van der Waals surface area contributed by atoms with Crippen molar-refractivity contribution in [1.82, 2.24) is 10.9 Å². The van der Waals surface area contributed by atoms with Gasteiger partial charge in [-0.15, -0.1) is 0 Å². The molecule has 0 bridgehead atoms. The summed E-state index contributed by atoms with van der Waals surface area (Å²) in [6.07, 6.45) is -0.660. The van der Waals surface area contributed by atoms with Gasteiger partial charge in [0.15, 0.2) is 17.7 Å². The van der Waals surface area contributed by atoms with Gasteiger partial charge in [0.2, 0.25) is 5.91 Å². The van der Waals surface area contributed by atoms with Crippen LogP contribution in [0.4, 0.5) is 4.39 Å². The Morgan fingerprint density at radius 3 is 2.43 bits per heavy atom. The van der Waals surface area contributed by atoms with Crippen LogP contribution < -0.4 is 15.6 Å². The predicted molar refractivity (Wildman–Crippen MR) is 76.8 cm³/mol. The van der Waals surface area contributed by atoms with E-state index in [2.05, 4.69) is 10.9 Å². The number of ether oxygens (including phenoxy) is 1. The van der Waals surface area contributed by atoms with Crippen LogP contribution >= 0.6 is 0 Å². The van der Waals surface area contributed by atoms with Gasteiger partial charge >= 0.3 is 0 Å². The van der Waals surface area contributed by atoms with Crippen LogP contribution in [0.15, 0.2) is 24.3 Å². The summed E-state index contributed by atoms with van der Waals surface area (Å²) in [7, 11) is 0. The van der Waals surface area contributed by atoms with Crippen molar-refractivity contribution in [2.45, 2.75) is 40.2 Å². The third-order valence-electron chi connectivity index (χ3n) is 2.53. The highest BCUT2D eigenvalue weighted by atomic mass is 19.1. The van der Waals surface area contributed by atoms with Crippen molar-refractivity contribution in [2.75, 3.05) is 0 Å². The number of hydrazine groups is 1. The van der Waals surface area contributed by atoms with Crippen LogP contribution in [0.25, 0.3) is 0 Å². The number of benzene rings is 1. The third-order valence-corrected chi connectivity index (χ3v) is 2.53. The van der Waals surface area contributed by atoms with Crippen molar-refractivity contribution < 1.29 is 18.7 Å². The lowest BCUT2D eigenvalue weighted by atomic mass is 9.92. The van der Waals surface area contributed by atoms with Gasteiger partial charge in [-0.2, -0.15) is 0 Å². The van der Waals surface area contributed by atoms with Gasteiger partial charge in [0.1, 0.15) is 0 Å². The minimum atomic E-state index is -0.933. The van der Waals surface area contributed by atoms with Gasteiger partial charge in [-0.3, -0.25) is 20.4 Å². The molecule has 0 spiro atoms. The minimum Gasteiger partial charge on any atom is -0.478 e. The summed E-state index contributed by atoms with van der Waals surface area (Å²) >= 11 is 0. The van der Waals surface area contributed by atoms with E-state index in [1.165, 1.54) is 25.1 Å². The molecule has 0 heterocycles. The van der Waals surface area contributed by atoms with E-state index in [4.69, 9.17) is 4.74 Å². The van der Waals surface area contributed by atoms with E-state index in [0.717, 1.165) is 0 Å². The fraction of sp³-hybridized carbons (Fsp3) is 0.467. The highest BCUT2D eigenvalue weighted by Gasteiger charge is 2.19. The molecule has 1 aromatic carbocycles. The molecule has 0 aliphatic heterocycles. The molecule has 0 saturated carbocycles. The molecule has 2 N–H and O–H groups in total. The van der Waals surface area contributed by atoms with E-state index < -0.39 is 17.8 Å². The molecule has 1 aromatic rings. The van der Waals surface area contributed by atoms with E-state index in [1.54, 1.807) is 6.07 Å². The monoisotopic (exact) mass is 296 g/mol. The van der Waals surface area contributed by atoms with Gasteiger partial charge < -0.3 is 4.74 Å². The molecule has 2 amide bonds. The SMILES string of the molecule is CC(Oc1ccccc1F)C(=O)NNC(=O)CC(C)(C)C. The standard InChI is InChI=1S/C15H21FN2O3/c1-10(21-12-8-6-5-7-11(12)16)14(20)18-17-13(19)9-15(2,3)4/h5-8,10H,9H2,1-4H3,(H,17,19)(H,18,20). The van der Waals surface area contributed by atoms with Gasteiger partial charge in [-0.1, -0.05) is 32.9 Å². The fourth-order valence-corrected chi connectivity index (χ4v) is 1.54. The van der Waals surface area contributed by atoms with E-state index in [-0.39, 0.29) is 23.5 Å². The molecule has 116 valence electrons. The lowest BCUT2D eigenvalue weighted by molar-refractivity contribution is -0.133. The minimum absolute atomic E-state index is 0.0128. The van der Waals surface area contributed by atoms with Crippen LogP contribution in [0.2, 0.25) is 0 Å². The van der Waals surface area contributed by atoms with Crippen molar-refractivity contribution >= 4 is 11.8 Å². The first-order valence-electron chi connectivity index (χ1n) is 6.69. The number of carbonyl (C=O) groups excluding carboxylic acids is 2. The summed E-state index contributed by atoms with van der Waals surface area (Å²) in [5.41, 5.74) is 4.39. The molecule has 6 heteroatoms. The van der Waals surface area contributed by atoms with Gasteiger partial charge in [0.05, 0.1) is 0 Å². The average molecular weight is 296 g/mol. The van der Waals surface area contributed by atoms with E-state index in [1.807, 2.05) is 20.8 Å². The molecule has 21 heavy (non-hydrogen) atoms. The molecule has 0 aliphatic carbocycles. The Morgan fingerprint density at radius 1 is 1.24 bits per heavy atom. The summed E-state index contributed by atoms with van der Waals surface area (Å²) in [6, 6.07) is 5.80. The van der Waals surface area contributed by atoms with Crippen molar-refractivity contribution in [3.63, 3.8) is 0 Å². The third kappa shape index (κ3) is 6.25. The van der Waals surface area contributed by atoms with E-state index in [9.17, 15) is 14.0 Å². The molecule has 0 fully saturated rings. The fourth-order valence-electron chi connectivity index (χ4n) is 1.54. The summed E-state index contributed by atoms with van der Waals surface area (Å²) < 4.78 is 18.6. The second-order valence-electron chi connectivity index (χ2n) is 5.97. The van der Waals surface area contributed by atoms with Crippen LogP contribution in [-0.4, -0.2) is 17.9 Å². The van der Waals surface area contributed by atoms with Gasteiger partial charge in [0, 0.05) is 6.42 Å². The number of hydrogen-bond donors (Lipinski definition) is 2. The summed E-state index contributed by atoms with van der Waals surface area (Å²) in [4.78, 5) is 23.3. The van der Waals surface area contributed by atoms with Gasteiger partial charge in [-0.25, -0.2) is 4.39 Å². The van der Waals surface area contributed by atoms with Crippen molar-refractivity contribution in [2.24, 2.45) is 5.41 Å². The largest absolute Gasteiger partial charge is 0.478 e. The van der Waals surface area contributed by atoms with Crippen LogP contribution in [0, 0.1) is 11.2 Å². The maximum Gasteiger partial charge on any atom is 0.279 e. The second-order valence-corrected chi connectivity index (χ2v) is 5.97. The molecular weight excluding hydrogens is 275 g/mol. The molecule has 1 atom stereocenters. The van der Waals surface area contributed by atoms with Crippen molar-refractivity contribution in [1.29, 1.82) is 0 Å². The molecule has 0 radical (unpaired) electrons. The molecule has 1 unspecified atom stereocenters. The highest BCUT2D eigenvalue weighted by molar-refractivity contribution is 5.84. The number of hydrogen-bond acceptors (Lipinski definition) is 3. The number of rotatable bonds is 4. The number of nitrogens with one attached hydrogen (secondary N) is 2. The number of halogens is 1. The zero-order chi connectivity index (χ0) is 16.0. The number of amides is 2. The van der Waals surface area contributed by atoms with Gasteiger partial charge in [0.25, 0.3) is 5.91 Å². The quantitative estimate of drug-likeness (QED) is 0.837. The Kier molecular flexibility index (Phi) is 5.69. The number of carbonyl (C=O) groups is 2. The van der Waals surface area contributed by atoms with Crippen molar-refractivity contribution in [3.8, 4) is 5.75 Å². The predicted octanol–water partition coefficient (Wildman–Crippen LogP) is 2.18. The van der Waals surface area contributed by atoms with E-state index >= 15 is 0 Å². The topological polar surface area (TPSA) is 67.4 Å². The highest BCUT2D eigenvalue weighted by Crippen LogP contribution is 2.18. The smallest absolute Gasteiger partial charge is 0.279 e. The molecular formula is C15H21FN2O3. The second kappa shape index (κ2) is 7.06. The Labute approximate surface area is 123 Å². The first-order valence-corrected chi connectivity index (χ1v) is 6.69. The van der Waals surface area contributed by atoms with Crippen LogP contribution in [0.5, 0.6) is 5.75 Å². The van der Waals surface area contributed by atoms with Crippen LogP contribution in [-0.2, 0) is 9.59 Å². The zero-order valence-corrected chi connectivity index (χ0v) is 12.7. The maximum absolute atomic E-state index is 13.4. The summed E-state index contributed by atoms with van der Waals surface area (Å²) in [6.45, 7) is 7.21. The first-order chi connectivity index (χ1) is 9.69. The normalized spacial score (nSPS) is 12.4. The van der Waals surface area contributed by atoms with Crippen LogP contribution in [0.1, 0.15) is 34.1 Å². The first kappa shape index (κ1) is 16.9.